The Balaban J connectivity index is 2.65. The van der Waals surface area contributed by atoms with Crippen molar-refractivity contribution in [3.05, 3.63) is 36.0 Å². The van der Waals surface area contributed by atoms with Crippen LogP contribution in [0.3, 0.4) is 0 Å². The summed E-state index contributed by atoms with van der Waals surface area (Å²) in [4.78, 5) is 23.8. The Morgan fingerprint density at radius 3 is 2.55 bits per heavy atom. The van der Waals surface area contributed by atoms with Crippen LogP contribution in [0.15, 0.2) is 36.0 Å². The van der Waals surface area contributed by atoms with Crippen molar-refractivity contribution in [1.29, 1.82) is 5.26 Å². The summed E-state index contributed by atoms with van der Waals surface area (Å²) in [5, 5.41) is 29.3. The molecule has 0 fully saturated rings. The Kier molecular flexibility index (Phi) is 6.44. The second-order valence-corrected chi connectivity index (χ2v) is 4.54. The highest BCUT2D eigenvalue weighted by molar-refractivity contribution is 5.97. The fourth-order valence-corrected chi connectivity index (χ4v) is 1.63. The maximum Gasteiger partial charge on any atom is 0.303 e. The van der Waals surface area contributed by atoms with E-state index < -0.39 is 11.9 Å². The van der Waals surface area contributed by atoms with Crippen molar-refractivity contribution in [2.75, 3.05) is 18.5 Å². The van der Waals surface area contributed by atoms with Gasteiger partial charge in [0.15, 0.2) is 0 Å². The van der Waals surface area contributed by atoms with E-state index in [1.165, 1.54) is 18.3 Å². The topological polar surface area (TPSA) is 114 Å². The average molecular weight is 303 g/mol. The molecule has 116 valence electrons. The van der Waals surface area contributed by atoms with Gasteiger partial charge < -0.3 is 20.4 Å². The third-order valence-corrected chi connectivity index (χ3v) is 2.80. The lowest BCUT2D eigenvalue weighted by molar-refractivity contribution is -0.137. The first-order valence-electron chi connectivity index (χ1n) is 6.58. The molecule has 3 N–H and O–H groups in total. The van der Waals surface area contributed by atoms with Crippen LogP contribution >= 0.6 is 0 Å². The number of hydrogen-bond acceptors (Lipinski definition) is 5. The third kappa shape index (κ3) is 5.54. The van der Waals surface area contributed by atoms with Crippen molar-refractivity contribution >= 4 is 17.6 Å². The van der Waals surface area contributed by atoms with Crippen molar-refractivity contribution in [2.45, 2.75) is 12.8 Å². The van der Waals surface area contributed by atoms with E-state index in [1.54, 1.807) is 30.1 Å². The van der Waals surface area contributed by atoms with E-state index in [0.29, 0.717) is 12.1 Å². The minimum absolute atomic E-state index is 0.0424. The third-order valence-electron chi connectivity index (χ3n) is 2.80. The van der Waals surface area contributed by atoms with Crippen molar-refractivity contribution in [1.82, 2.24) is 5.32 Å². The lowest BCUT2D eigenvalue weighted by atomic mass is 10.2. The Bertz CT molecular complexity index is 602. The molecule has 0 aliphatic carbocycles. The van der Waals surface area contributed by atoms with E-state index in [-0.39, 0.29) is 24.3 Å². The van der Waals surface area contributed by atoms with Gasteiger partial charge >= 0.3 is 5.97 Å². The first-order valence-corrected chi connectivity index (χ1v) is 6.58. The van der Waals surface area contributed by atoms with Crippen LogP contribution in [-0.4, -0.2) is 35.7 Å². The predicted octanol–water partition coefficient (Wildman–Crippen LogP) is 1.22. The monoisotopic (exact) mass is 303 g/mol. The molecule has 0 heterocycles. The first kappa shape index (κ1) is 17.0. The molecule has 0 aromatic heterocycles. The molecule has 1 aromatic rings. The molecule has 0 bridgehead atoms. The molecule has 0 saturated heterocycles. The first-order chi connectivity index (χ1) is 10.4. The van der Waals surface area contributed by atoms with Gasteiger partial charge in [-0.2, -0.15) is 5.26 Å². The Morgan fingerprint density at radius 2 is 2.00 bits per heavy atom. The van der Waals surface area contributed by atoms with Crippen molar-refractivity contribution in [2.24, 2.45) is 0 Å². The van der Waals surface area contributed by atoms with Gasteiger partial charge in [-0.05, 0) is 30.7 Å². The van der Waals surface area contributed by atoms with E-state index in [4.69, 9.17) is 10.4 Å². The molecule has 0 spiro atoms. The van der Waals surface area contributed by atoms with Gasteiger partial charge in [-0.25, -0.2) is 0 Å². The van der Waals surface area contributed by atoms with Crippen LogP contribution in [0, 0.1) is 11.3 Å². The van der Waals surface area contributed by atoms with Gasteiger partial charge in [0.2, 0.25) is 0 Å². The molecule has 1 rings (SSSR count). The standard InChI is InChI=1S/C15H17N3O4/c1-18(12-4-6-13(19)7-5-12)10-11(9-16)15(22)17-8-2-3-14(20)21/h4-7,10,19H,2-3,8H2,1H3,(H,17,22)(H,20,21)/b11-10-. The molecule has 0 unspecified atom stereocenters. The molecule has 0 aliphatic heterocycles. The second-order valence-electron chi connectivity index (χ2n) is 4.54. The van der Waals surface area contributed by atoms with Gasteiger partial charge in [0.1, 0.15) is 17.4 Å². The Morgan fingerprint density at radius 1 is 1.36 bits per heavy atom. The van der Waals surface area contributed by atoms with Gasteiger partial charge in [0.05, 0.1) is 0 Å². The number of phenols is 1. The lowest BCUT2D eigenvalue weighted by Gasteiger charge is -2.15. The number of phenolic OH excluding ortho intramolecular Hbond substituents is 1. The molecule has 7 heteroatoms. The molecule has 1 aromatic carbocycles. The minimum Gasteiger partial charge on any atom is -0.508 e. The van der Waals surface area contributed by atoms with Crippen molar-refractivity contribution in [3.8, 4) is 11.8 Å². The van der Waals surface area contributed by atoms with E-state index >= 15 is 0 Å². The van der Waals surface area contributed by atoms with Crippen molar-refractivity contribution in [3.63, 3.8) is 0 Å². The maximum atomic E-state index is 11.8. The summed E-state index contributed by atoms with van der Waals surface area (Å²) in [7, 11) is 1.67. The van der Waals surface area contributed by atoms with Gasteiger partial charge in [-0.15, -0.1) is 0 Å². The van der Waals surface area contributed by atoms with Crippen LogP contribution < -0.4 is 10.2 Å². The number of carbonyl (C=O) groups is 2. The number of aliphatic carboxylic acids is 1. The van der Waals surface area contributed by atoms with E-state index in [9.17, 15) is 14.7 Å². The van der Waals surface area contributed by atoms with Gasteiger partial charge in [0.25, 0.3) is 5.91 Å². The summed E-state index contributed by atoms with van der Waals surface area (Å²) in [6, 6.07) is 8.09. The SMILES string of the molecule is CN(/C=C(/C#N)C(=O)NCCCC(=O)O)c1ccc(O)cc1. The minimum atomic E-state index is -0.933. The van der Waals surface area contributed by atoms with Gasteiger partial charge in [-0.1, -0.05) is 0 Å². The Hall–Kier alpha value is -3.01. The summed E-state index contributed by atoms with van der Waals surface area (Å²) in [5.41, 5.74) is 0.607. The van der Waals surface area contributed by atoms with Crippen LogP contribution in [0.5, 0.6) is 5.75 Å². The normalized spacial score (nSPS) is 10.6. The molecule has 7 nitrogen and oxygen atoms in total. The highest BCUT2D eigenvalue weighted by Gasteiger charge is 2.10. The zero-order chi connectivity index (χ0) is 16.5. The Labute approximate surface area is 128 Å². The average Bonchev–Trinajstić information content (AvgIpc) is 2.49. The number of carboxylic acid groups (broad SMARTS) is 1. The number of nitrogens with one attached hydrogen (secondary N) is 1. The second kappa shape index (κ2) is 8.32. The number of hydrogen-bond donors (Lipinski definition) is 3. The van der Waals surface area contributed by atoms with E-state index in [0.717, 1.165) is 0 Å². The number of amides is 1. The molecule has 0 saturated carbocycles. The quantitative estimate of drug-likeness (QED) is 0.396. The van der Waals surface area contributed by atoms with E-state index in [1.807, 2.05) is 0 Å². The molecule has 22 heavy (non-hydrogen) atoms. The number of aromatic hydroxyl groups is 1. The number of carbonyl (C=O) groups excluding carboxylic acids is 1. The summed E-state index contributed by atoms with van der Waals surface area (Å²) in [6.45, 7) is 0.188. The van der Waals surface area contributed by atoms with Gasteiger partial charge in [-0.3, -0.25) is 9.59 Å². The zero-order valence-corrected chi connectivity index (χ0v) is 12.1. The molecular formula is C15H17N3O4. The van der Waals surface area contributed by atoms with Crippen LogP contribution in [-0.2, 0) is 9.59 Å². The highest BCUT2D eigenvalue weighted by atomic mass is 16.4. The summed E-state index contributed by atoms with van der Waals surface area (Å²) in [5.74, 6) is -1.37. The largest absolute Gasteiger partial charge is 0.508 e. The lowest BCUT2D eigenvalue weighted by Crippen LogP contribution is -2.27. The number of carboxylic acids is 1. The molecule has 0 aliphatic rings. The van der Waals surface area contributed by atoms with Crippen LogP contribution in [0.1, 0.15) is 12.8 Å². The van der Waals surface area contributed by atoms with Crippen LogP contribution in [0.2, 0.25) is 0 Å². The fraction of sp³-hybridized carbons (Fsp3) is 0.267. The molecule has 0 radical (unpaired) electrons. The number of benzene rings is 1. The van der Waals surface area contributed by atoms with Crippen molar-refractivity contribution < 1.29 is 19.8 Å². The molecular weight excluding hydrogens is 286 g/mol. The zero-order valence-electron chi connectivity index (χ0n) is 12.1. The molecule has 0 atom stereocenters. The smallest absolute Gasteiger partial charge is 0.303 e. The predicted molar refractivity (Wildman–Crippen MR) is 80.1 cm³/mol. The number of anilines is 1. The summed E-state index contributed by atoms with van der Waals surface area (Å²) in [6.07, 6.45) is 1.63. The maximum absolute atomic E-state index is 11.8. The number of rotatable bonds is 7. The van der Waals surface area contributed by atoms with Crippen LogP contribution in [0.25, 0.3) is 0 Å². The van der Waals surface area contributed by atoms with E-state index in [2.05, 4.69) is 5.32 Å². The number of nitriles is 1. The summed E-state index contributed by atoms with van der Waals surface area (Å²) < 4.78 is 0. The summed E-state index contributed by atoms with van der Waals surface area (Å²) >= 11 is 0. The number of nitrogens with zero attached hydrogens (tertiary/aromatic N) is 2. The highest BCUT2D eigenvalue weighted by Crippen LogP contribution is 2.17. The van der Waals surface area contributed by atoms with Gasteiger partial charge in [0, 0.05) is 31.9 Å². The van der Waals surface area contributed by atoms with Crippen LogP contribution in [0.4, 0.5) is 5.69 Å². The fourth-order valence-electron chi connectivity index (χ4n) is 1.63. The molecule has 1 amide bonds.